The van der Waals surface area contributed by atoms with E-state index in [9.17, 15) is 0 Å². The van der Waals surface area contributed by atoms with Crippen molar-refractivity contribution in [1.29, 1.82) is 0 Å². The fourth-order valence-corrected chi connectivity index (χ4v) is 3.35. The minimum Gasteiger partial charge on any atom is -0.497 e. The van der Waals surface area contributed by atoms with Gasteiger partial charge in [0.1, 0.15) is 5.75 Å². The molecule has 2 heteroatoms. The second kappa shape index (κ2) is 7.46. The maximum absolute atomic E-state index is 5.26. The number of rotatable bonds is 5. The third kappa shape index (κ3) is 3.69. The standard InChI is InChI=1S/C20H25NO/c1-22-19-12-10-17(11-13-19)16-20(18-8-4-2-5-9-18)21-14-6-3-7-15-21/h2,4-5,8-13,20H,3,6-7,14-16H2,1H3. The Morgan fingerprint density at radius 3 is 2.23 bits per heavy atom. The van der Waals surface area contributed by atoms with Crippen LogP contribution in [0.15, 0.2) is 54.6 Å². The summed E-state index contributed by atoms with van der Waals surface area (Å²) in [4.78, 5) is 2.66. The number of hydrogen-bond acceptors (Lipinski definition) is 2. The molecule has 3 rings (SSSR count). The molecule has 22 heavy (non-hydrogen) atoms. The number of hydrogen-bond donors (Lipinski definition) is 0. The molecule has 0 bridgehead atoms. The molecule has 116 valence electrons. The van der Waals surface area contributed by atoms with E-state index in [2.05, 4.69) is 59.5 Å². The highest BCUT2D eigenvalue weighted by Gasteiger charge is 2.22. The molecule has 1 aliphatic rings. The SMILES string of the molecule is COc1ccc(CC(c2ccccc2)N2CCCCC2)cc1. The van der Waals surface area contributed by atoms with Crippen molar-refractivity contribution in [2.75, 3.05) is 20.2 Å². The van der Waals surface area contributed by atoms with E-state index in [1.54, 1.807) is 7.11 Å². The van der Waals surface area contributed by atoms with Gasteiger partial charge in [-0.25, -0.2) is 0 Å². The van der Waals surface area contributed by atoms with Crippen LogP contribution in [0.2, 0.25) is 0 Å². The molecule has 2 nitrogen and oxygen atoms in total. The van der Waals surface area contributed by atoms with E-state index in [-0.39, 0.29) is 0 Å². The predicted molar refractivity (Wildman–Crippen MR) is 91.3 cm³/mol. The van der Waals surface area contributed by atoms with Crippen LogP contribution in [0.5, 0.6) is 5.75 Å². The summed E-state index contributed by atoms with van der Waals surface area (Å²) in [5.74, 6) is 0.929. The molecule has 0 radical (unpaired) electrons. The van der Waals surface area contributed by atoms with Crippen molar-refractivity contribution < 1.29 is 4.74 Å². The minimum absolute atomic E-state index is 0.481. The molecule has 1 heterocycles. The van der Waals surface area contributed by atoms with Gasteiger partial charge in [-0.05, 0) is 55.6 Å². The van der Waals surface area contributed by atoms with Crippen molar-refractivity contribution in [1.82, 2.24) is 4.90 Å². The number of nitrogens with zero attached hydrogens (tertiary/aromatic N) is 1. The van der Waals surface area contributed by atoms with Gasteiger partial charge in [0.25, 0.3) is 0 Å². The Labute approximate surface area is 133 Å². The van der Waals surface area contributed by atoms with E-state index in [0.29, 0.717) is 6.04 Å². The maximum atomic E-state index is 5.26. The Bertz CT molecular complexity index is 558. The summed E-state index contributed by atoms with van der Waals surface area (Å²) in [5.41, 5.74) is 2.81. The van der Waals surface area contributed by atoms with Crippen molar-refractivity contribution >= 4 is 0 Å². The first kappa shape index (κ1) is 15.1. The first-order valence-electron chi connectivity index (χ1n) is 8.29. The lowest BCUT2D eigenvalue weighted by molar-refractivity contribution is 0.162. The molecule has 1 aliphatic heterocycles. The predicted octanol–water partition coefficient (Wildman–Crippen LogP) is 4.46. The minimum atomic E-state index is 0.481. The molecule has 2 aromatic rings. The van der Waals surface area contributed by atoms with Gasteiger partial charge in [-0.15, -0.1) is 0 Å². The van der Waals surface area contributed by atoms with E-state index >= 15 is 0 Å². The number of likely N-dealkylation sites (tertiary alicyclic amines) is 1. The molecule has 0 amide bonds. The first-order valence-corrected chi connectivity index (χ1v) is 8.29. The smallest absolute Gasteiger partial charge is 0.118 e. The van der Waals surface area contributed by atoms with Gasteiger partial charge in [0.2, 0.25) is 0 Å². The Balaban J connectivity index is 1.81. The summed E-state index contributed by atoms with van der Waals surface area (Å²) in [5, 5.41) is 0. The average Bonchev–Trinajstić information content (AvgIpc) is 2.62. The summed E-state index contributed by atoms with van der Waals surface area (Å²) >= 11 is 0. The normalized spacial score (nSPS) is 17.1. The van der Waals surface area contributed by atoms with E-state index < -0.39 is 0 Å². The van der Waals surface area contributed by atoms with Gasteiger partial charge in [0.15, 0.2) is 0 Å². The fourth-order valence-electron chi connectivity index (χ4n) is 3.35. The van der Waals surface area contributed by atoms with Crippen LogP contribution in [0.3, 0.4) is 0 Å². The molecule has 1 fully saturated rings. The average molecular weight is 295 g/mol. The summed E-state index contributed by atoms with van der Waals surface area (Å²) in [6.45, 7) is 2.44. The molecule has 0 saturated carbocycles. The summed E-state index contributed by atoms with van der Waals surface area (Å²) in [7, 11) is 1.72. The van der Waals surface area contributed by atoms with Gasteiger partial charge in [-0.1, -0.05) is 48.9 Å². The quantitative estimate of drug-likeness (QED) is 0.807. The molecule has 0 aromatic heterocycles. The van der Waals surface area contributed by atoms with Crippen LogP contribution in [-0.2, 0) is 6.42 Å². The van der Waals surface area contributed by atoms with Crippen LogP contribution in [0.1, 0.15) is 36.4 Å². The van der Waals surface area contributed by atoms with Crippen molar-refractivity contribution in [2.45, 2.75) is 31.7 Å². The van der Waals surface area contributed by atoms with Crippen molar-refractivity contribution in [3.8, 4) is 5.75 Å². The molecule has 0 aliphatic carbocycles. The maximum Gasteiger partial charge on any atom is 0.118 e. The highest BCUT2D eigenvalue weighted by molar-refractivity contribution is 5.29. The zero-order valence-electron chi connectivity index (χ0n) is 13.4. The van der Waals surface area contributed by atoms with Crippen LogP contribution in [0.25, 0.3) is 0 Å². The van der Waals surface area contributed by atoms with Crippen molar-refractivity contribution in [2.24, 2.45) is 0 Å². The Morgan fingerprint density at radius 1 is 0.909 bits per heavy atom. The Hall–Kier alpha value is -1.80. The van der Waals surface area contributed by atoms with Gasteiger partial charge >= 0.3 is 0 Å². The number of ether oxygens (including phenoxy) is 1. The lowest BCUT2D eigenvalue weighted by Crippen LogP contribution is -2.34. The molecular weight excluding hydrogens is 270 g/mol. The highest BCUT2D eigenvalue weighted by Crippen LogP contribution is 2.28. The molecule has 1 saturated heterocycles. The second-order valence-electron chi connectivity index (χ2n) is 6.08. The summed E-state index contributed by atoms with van der Waals surface area (Å²) in [6, 6.07) is 19.9. The van der Waals surface area contributed by atoms with Crippen LogP contribution in [0.4, 0.5) is 0 Å². The van der Waals surface area contributed by atoms with Gasteiger partial charge in [-0.3, -0.25) is 4.90 Å². The molecule has 1 atom stereocenters. The molecule has 0 N–H and O–H groups in total. The van der Waals surface area contributed by atoms with Crippen LogP contribution in [-0.4, -0.2) is 25.1 Å². The van der Waals surface area contributed by atoms with E-state index in [1.165, 1.54) is 43.5 Å². The first-order chi connectivity index (χ1) is 10.9. The van der Waals surface area contributed by atoms with Crippen LogP contribution < -0.4 is 4.74 Å². The fraction of sp³-hybridized carbons (Fsp3) is 0.400. The molecule has 2 aromatic carbocycles. The third-order valence-electron chi connectivity index (χ3n) is 4.60. The molecule has 0 spiro atoms. The van der Waals surface area contributed by atoms with E-state index in [4.69, 9.17) is 4.74 Å². The lowest BCUT2D eigenvalue weighted by atomic mass is 9.95. The topological polar surface area (TPSA) is 12.5 Å². The monoisotopic (exact) mass is 295 g/mol. The molecule has 1 unspecified atom stereocenters. The van der Waals surface area contributed by atoms with Gasteiger partial charge in [0, 0.05) is 6.04 Å². The van der Waals surface area contributed by atoms with Gasteiger partial charge in [0.05, 0.1) is 7.11 Å². The Kier molecular flexibility index (Phi) is 5.12. The van der Waals surface area contributed by atoms with Gasteiger partial charge in [-0.2, -0.15) is 0 Å². The Morgan fingerprint density at radius 2 is 1.59 bits per heavy atom. The summed E-state index contributed by atoms with van der Waals surface area (Å²) < 4.78 is 5.26. The number of piperidine rings is 1. The second-order valence-corrected chi connectivity index (χ2v) is 6.08. The summed E-state index contributed by atoms with van der Waals surface area (Å²) in [6.07, 6.45) is 5.09. The zero-order chi connectivity index (χ0) is 15.2. The highest BCUT2D eigenvalue weighted by atomic mass is 16.5. The van der Waals surface area contributed by atoms with E-state index in [1.807, 2.05) is 0 Å². The van der Waals surface area contributed by atoms with Crippen LogP contribution >= 0.6 is 0 Å². The van der Waals surface area contributed by atoms with Gasteiger partial charge < -0.3 is 4.74 Å². The number of benzene rings is 2. The molecular formula is C20H25NO. The van der Waals surface area contributed by atoms with Crippen LogP contribution in [0, 0.1) is 0 Å². The van der Waals surface area contributed by atoms with Crippen molar-refractivity contribution in [3.05, 3.63) is 65.7 Å². The third-order valence-corrected chi connectivity index (χ3v) is 4.60. The largest absolute Gasteiger partial charge is 0.497 e. The lowest BCUT2D eigenvalue weighted by Gasteiger charge is -2.35. The number of methoxy groups -OCH3 is 1. The zero-order valence-corrected chi connectivity index (χ0v) is 13.4. The van der Waals surface area contributed by atoms with E-state index in [0.717, 1.165) is 12.2 Å². The van der Waals surface area contributed by atoms with Crippen molar-refractivity contribution in [3.63, 3.8) is 0 Å².